The largest absolute Gasteiger partial charge is 0.470 e. The van der Waals surface area contributed by atoms with Crippen LogP contribution in [0.25, 0.3) is 39.9 Å². The normalized spacial score (nSPS) is 14.4. The molecule has 7 aromatic carbocycles. The van der Waals surface area contributed by atoms with Crippen LogP contribution in [0.4, 0.5) is 51.2 Å². The number of likely N-dealkylation sites (N-methyl/N-ethyl adjacent to an activating group) is 3. The van der Waals surface area contributed by atoms with Crippen LogP contribution in [0.3, 0.4) is 0 Å². The van der Waals surface area contributed by atoms with E-state index in [2.05, 4.69) is 49.0 Å². The Kier molecular flexibility index (Phi) is 44.7. The molecule has 3 fully saturated rings. The molecule has 752 valence electrons. The van der Waals surface area contributed by atoms with Crippen LogP contribution in [0, 0.1) is 58.5 Å². The van der Waals surface area contributed by atoms with Gasteiger partial charge in [-0.05, 0) is 124 Å². The summed E-state index contributed by atoms with van der Waals surface area (Å²) in [6.07, 6.45) is 3.17. The second kappa shape index (κ2) is 57.1. The number of ether oxygens (including phenoxy) is 12. The van der Waals surface area contributed by atoms with Gasteiger partial charge >= 0.3 is 53.7 Å². The summed E-state index contributed by atoms with van der Waals surface area (Å²) in [6.45, 7) is 30.4. The van der Waals surface area contributed by atoms with E-state index in [0.29, 0.717) is 127 Å². The number of halogens is 6. The van der Waals surface area contributed by atoms with E-state index in [-0.39, 0.29) is 144 Å². The third kappa shape index (κ3) is 34.2. The highest BCUT2D eigenvalue weighted by atomic mass is 35.5. The van der Waals surface area contributed by atoms with E-state index in [1.54, 1.807) is 109 Å². The van der Waals surface area contributed by atoms with Gasteiger partial charge in [0.05, 0.1) is 103 Å². The molecular formula is C105H99Cl6N13O21. The summed E-state index contributed by atoms with van der Waals surface area (Å²) in [5, 5.41) is 38.6. The fourth-order valence-electron chi connectivity index (χ4n) is 13.0. The van der Waals surface area contributed by atoms with Gasteiger partial charge in [-0.1, -0.05) is 162 Å². The van der Waals surface area contributed by atoms with Crippen molar-refractivity contribution in [3.05, 3.63) is 292 Å². The molecule has 3 aliphatic rings. The van der Waals surface area contributed by atoms with Crippen LogP contribution in [0.5, 0.6) is 0 Å². The average Bonchev–Trinajstić information content (AvgIpc) is 1.74. The molecule has 0 amide bonds. The van der Waals surface area contributed by atoms with Crippen molar-refractivity contribution in [2.24, 2.45) is 0 Å². The standard InChI is InChI=1S/C57H51Cl3N6O12.C48H48Cl3N7O9/c1-8-48(67)73-26-11-29-76-55(70)46(35-61)51(58)37-14-20-40(21-15-37)64(5)43-32-44(65(6)41-22-16-38(17-23-41)52(59)47(36-62)56(71)77-30-12-27-74-49(68)9-2)34-45(33-43)66(7)42-24-18-39(19-25-42)53(60)54(63-4)57(72)78-31-13-28-75-50(69)10-3;1-54-45(48(61)67-30-39-27-64-39)44(51)33-9-15-36(16-10-33)57(4)19-22-58(20-17-55(2)34-11-5-31(6-12-34)42(49)40(23-52)46(59)65-28-37-25-62-37)21-18-56(3)35-13-7-32(8-14-35)43(50)41(24-53)47(60)66-29-38-26-63-38/h8-10,14-25,32-34H,1-3,11-13,26-31H2,5-7H3;5-16,37-39H,17-22,25-30H2,2-4H3/b51-46-,52-47-,54-53+;42-40-,43-41-,45-44+. The zero-order valence-corrected chi connectivity index (χ0v) is 84.2. The van der Waals surface area contributed by atoms with Crippen molar-refractivity contribution >= 4 is 205 Å². The lowest BCUT2D eigenvalue weighted by molar-refractivity contribution is -0.142. The molecule has 0 aliphatic carbocycles. The summed E-state index contributed by atoms with van der Waals surface area (Å²) >= 11 is 39.3. The fourth-order valence-corrected chi connectivity index (χ4v) is 14.5. The van der Waals surface area contributed by atoms with Crippen molar-refractivity contribution in [1.82, 2.24) is 4.90 Å². The van der Waals surface area contributed by atoms with Gasteiger partial charge in [0.2, 0.25) is 0 Å². The molecule has 0 aromatic heterocycles. The average molecular weight is 2090 g/mol. The van der Waals surface area contributed by atoms with Crippen LogP contribution >= 0.6 is 69.6 Å². The van der Waals surface area contributed by atoms with Crippen molar-refractivity contribution in [2.45, 2.75) is 37.6 Å². The van der Waals surface area contributed by atoms with Crippen LogP contribution in [0.15, 0.2) is 235 Å². The Bertz CT molecular complexity index is 5760. The maximum Gasteiger partial charge on any atom is 0.350 e. The first-order chi connectivity index (χ1) is 69.7. The maximum atomic E-state index is 12.8. The number of carbonyl (C=O) groups is 9. The number of rotatable bonds is 51. The van der Waals surface area contributed by atoms with Gasteiger partial charge in [-0.3, -0.25) is 14.5 Å². The summed E-state index contributed by atoms with van der Waals surface area (Å²) in [6, 6.07) is 55.3. The Morgan fingerprint density at radius 1 is 0.324 bits per heavy atom. The van der Waals surface area contributed by atoms with E-state index in [0.717, 1.165) is 35.3 Å². The van der Waals surface area contributed by atoms with Gasteiger partial charge in [-0.25, -0.2) is 43.3 Å². The number of hydrogen-bond acceptors (Lipinski definition) is 32. The molecular weight excluding hydrogens is 1990 g/mol. The minimum Gasteiger partial charge on any atom is -0.470 e. The Hall–Kier alpha value is -15.3. The highest BCUT2D eigenvalue weighted by Crippen LogP contribution is 2.41. The highest BCUT2D eigenvalue weighted by molar-refractivity contribution is 6.54. The number of anilines is 9. The van der Waals surface area contributed by atoms with Gasteiger partial charge in [0.25, 0.3) is 11.4 Å². The first kappa shape index (κ1) is 113. The topological polar surface area (TPSA) is 401 Å². The predicted molar refractivity (Wildman–Crippen MR) is 550 cm³/mol. The Morgan fingerprint density at radius 3 is 0.759 bits per heavy atom. The van der Waals surface area contributed by atoms with Crippen molar-refractivity contribution in [2.75, 3.05) is 190 Å². The van der Waals surface area contributed by atoms with Crippen LogP contribution < -0.4 is 29.4 Å². The molecule has 34 nitrogen and oxygen atoms in total. The first-order valence-corrected chi connectivity index (χ1v) is 46.8. The number of carbonyl (C=O) groups excluding carboxylic acids is 9. The predicted octanol–water partition coefficient (Wildman–Crippen LogP) is 17.0. The monoisotopic (exact) mass is 2090 g/mol. The number of nitrogens with zero attached hydrogens (tertiary/aromatic N) is 13. The van der Waals surface area contributed by atoms with Gasteiger partial charge in [-0.2, -0.15) is 21.0 Å². The van der Waals surface area contributed by atoms with E-state index < -0.39 is 70.6 Å². The molecule has 0 spiro atoms. The Morgan fingerprint density at radius 2 is 0.531 bits per heavy atom. The van der Waals surface area contributed by atoms with E-state index in [9.17, 15) is 64.2 Å². The minimum absolute atomic E-state index is 0.000739. The van der Waals surface area contributed by atoms with Gasteiger partial charge in [0.1, 0.15) is 62.4 Å². The summed E-state index contributed by atoms with van der Waals surface area (Å²) in [5.74, 6) is -7.09. The van der Waals surface area contributed by atoms with Crippen molar-refractivity contribution in [3.8, 4) is 24.3 Å². The van der Waals surface area contributed by atoms with Crippen LogP contribution in [-0.4, -0.2) is 238 Å². The number of epoxide rings is 3. The summed E-state index contributed by atoms with van der Waals surface area (Å²) in [4.78, 5) is 131. The number of nitriles is 4. The number of benzene rings is 7. The van der Waals surface area contributed by atoms with Crippen molar-refractivity contribution < 1.29 is 100.0 Å². The van der Waals surface area contributed by atoms with Gasteiger partial charge in [-0.15, -0.1) is 0 Å². The van der Waals surface area contributed by atoms with Crippen LogP contribution in [0.2, 0.25) is 0 Å². The van der Waals surface area contributed by atoms with Gasteiger partial charge < -0.3 is 86.2 Å². The molecule has 0 N–H and O–H groups in total. The second-order valence-electron chi connectivity index (χ2n) is 31.8. The number of esters is 9. The van der Waals surface area contributed by atoms with E-state index in [4.69, 9.17) is 140 Å². The Labute approximate surface area is 868 Å². The summed E-state index contributed by atoms with van der Waals surface area (Å²) in [5.41, 5.74) is 7.28. The molecule has 0 radical (unpaired) electrons. The zero-order chi connectivity index (χ0) is 105. The third-order valence-electron chi connectivity index (χ3n) is 21.9. The SMILES string of the molecule is [C-]#[N+]/C(C(=O)OCC1CO1)=C(/Cl)c1ccc(N(C)CCN(CCN(C)c2ccc(/C(Cl)=C(\C#N)C(=O)OCC3CO3)cc2)CCN(C)c2ccc(/C(Cl)=C(\C#N)C(=O)OCC3CO3)cc2)cc1.[C-]#[N+]/C(C(=O)OCCCOC(=O)C=C)=C(/Cl)c1ccc(N(C)c2cc(N(C)c3ccc(/C(Cl)=C(\C#N)C(=O)OCCCOC(=O)C=C)cc3)cc(N(C)c3ccc(/C(Cl)=C(\C#N)C(=O)OCCCOC(=O)C=C)cc3)c2)cc1. The summed E-state index contributed by atoms with van der Waals surface area (Å²) < 4.78 is 61.0. The third-order valence-corrected chi connectivity index (χ3v) is 24.3. The lowest BCUT2D eigenvalue weighted by Crippen LogP contribution is -2.41. The molecule has 3 saturated heterocycles. The molecule has 145 heavy (non-hydrogen) atoms. The van der Waals surface area contributed by atoms with E-state index in [1.165, 1.54) is 0 Å². The lowest BCUT2D eigenvalue weighted by Gasteiger charge is -2.31. The van der Waals surface area contributed by atoms with Crippen LogP contribution in [0.1, 0.15) is 52.6 Å². The zero-order valence-electron chi connectivity index (χ0n) is 79.7. The number of hydrogen-bond donors (Lipinski definition) is 0. The maximum absolute atomic E-state index is 12.8. The Balaban J connectivity index is 0.000000326. The molecule has 10 rings (SSSR count). The van der Waals surface area contributed by atoms with Gasteiger partial charge in [0, 0.05) is 170 Å². The second-order valence-corrected chi connectivity index (χ2v) is 34.0. The first-order valence-electron chi connectivity index (χ1n) is 44.6. The molecule has 3 heterocycles. The van der Waals surface area contributed by atoms with Crippen LogP contribution in [-0.2, 0) is 100.0 Å². The highest BCUT2D eigenvalue weighted by Gasteiger charge is 2.32. The molecule has 40 heteroatoms. The van der Waals surface area contributed by atoms with Gasteiger partial charge in [0.15, 0.2) is 22.3 Å². The molecule has 3 aliphatic heterocycles. The fraction of sp³-hybridized carbons (Fsp3) is 0.286. The lowest BCUT2D eigenvalue weighted by atomic mass is 10.1. The summed E-state index contributed by atoms with van der Waals surface area (Å²) in [7, 11) is 11.4. The molecule has 0 saturated carbocycles. The molecule has 7 aromatic rings. The minimum atomic E-state index is -0.947. The molecule has 0 bridgehead atoms. The smallest absolute Gasteiger partial charge is 0.350 e. The van der Waals surface area contributed by atoms with Crippen molar-refractivity contribution in [3.63, 3.8) is 0 Å². The van der Waals surface area contributed by atoms with Crippen molar-refractivity contribution in [1.29, 1.82) is 21.0 Å². The van der Waals surface area contributed by atoms with E-state index in [1.807, 2.05) is 136 Å². The quantitative estimate of drug-likeness (QED) is 0.00650. The molecule has 3 atom stereocenters. The van der Waals surface area contributed by atoms with E-state index >= 15 is 0 Å². The molecule has 3 unspecified atom stereocenters.